The molecule has 2 N–H and O–H groups in total. The fourth-order valence-corrected chi connectivity index (χ4v) is 3.40. The molecule has 0 fully saturated rings. The van der Waals surface area contributed by atoms with E-state index in [1.807, 2.05) is 18.2 Å². The molecule has 0 amide bonds. The van der Waals surface area contributed by atoms with Gasteiger partial charge in [-0.1, -0.05) is 41.6 Å². The maximum Gasteiger partial charge on any atom is 0.283 e. The maximum atomic E-state index is 12.2. The van der Waals surface area contributed by atoms with Gasteiger partial charge in [0.25, 0.3) is 5.56 Å². The molecule has 25 heavy (non-hydrogen) atoms. The average molecular weight is 371 g/mol. The molecule has 0 saturated heterocycles. The van der Waals surface area contributed by atoms with Gasteiger partial charge in [0.15, 0.2) is 5.49 Å². The summed E-state index contributed by atoms with van der Waals surface area (Å²) in [6.45, 7) is 3.76. The zero-order chi connectivity index (χ0) is 17.6. The van der Waals surface area contributed by atoms with Gasteiger partial charge in [-0.2, -0.15) is 4.98 Å². The maximum absolute atomic E-state index is 12.2. The molecule has 0 saturated carbocycles. The zero-order valence-electron chi connectivity index (χ0n) is 12.7. The van der Waals surface area contributed by atoms with Crippen LogP contribution in [0, 0.1) is 5.41 Å². The summed E-state index contributed by atoms with van der Waals surface area (Å²) in [7, 11) is 0. The number of hydrogen-bond donors (Lipinski definition) is 2. The Labute approximate surface area is 149 Å². The van der Waals surface area contributed by atoms with Gasteiger partial charge in [-0.3, -0.25) is 15.3 Å². The molecule has 0 atom stereocenters. The van der Waals surface area contributed by atoms with Crippen molar-refractivity contribution in [1.82, 2.24) is 14.8 Å². The van der Waals surface area contributed by atoms with Crippen LogP contribution >= 0.6 is 22.9 Å². The summed E-state index contributed by atoms with van der Waals surface area (Å²) in [4.78, 5) is 16.2. The van der Waals surface area contributed by atoms with E-state index in [2.05, 4.69) is 16.7 Å². The number of furan rings is 1. The molecule has 3 heterocycles. The van der Waals surface area contributed by atoms with E-state index in [4.69, 9.17) is 21.4 Å². The third kappa shape index (κ3) is 2.73. The van der Waals surface area contributed by atoms with Gasteiger partial charge in [-0.05, 0) is 30.3 Å². The fourth-order valence-electron chi connectivity index (χ4n) is 2.45. The summed E-state index contributed by atoms with van der Waals surface area (Å²) in [5.74, 6) is 1.02. The number of aromatic amines is 1. The third-order valence-electron chi connectivity index (χ3n) is 3.60. The van der Waals surface area contributed by atoms with Crippen LogP contribution < -0.4 is 20.9 Å². The molecule has 2 aliphatic heterocycles. The minimum Gasteiger partial charge on any atom is -0.457 e. The van der Waals surface area contributed by atoms with E-state index in [0.29, 0.717) is 26.3 Å². The molecule has 6 nitrogen and oxygen atoms in total. The predicted molar refractivity (Wildman–Crippen MR) is 96.6 cm³/mol. The Morgan fingerprint density at radius 1 is 1.32 bits per heavy atom. The summed E-state index contributed by atoms with van der Waals surface area (Å²) in [5, 5.41) is 12.2. The summed E-state index contributed by atoms with van der Waals surface area (Å²) in [6, 6.07) is 10.8. The van der Waals surface area contributed by atoms with Crippen molar-refractivity contribution in [2.45, 2.75) is 0 Å². The van der Waals surface area contributed by atoms with Gasteiger partial charge < -0.3 is 4.42 Å². The average Bonchev–Trinajstić information content (AvgIpc) is 3.18. The number of fused-ring (bicyclic) bond motifs is 1. The van der Waals surface area contributed by atoms with Crippen molar-refractivity contribution in [2.24, 2.45) is 0 Å². The van der Waals surface area contributed by atoms with Gasteiger partial charge in [0.1, 0.15) is 16.2 Å². The summed E-state index contributed by atoms with van der Waals surface area (Å²) >= 11 is 7.39. The van der Waals surface area contributed by atoms with Crippen molar-refractivity contribution in [3.63, 3.8) is 0 Å². The number of halogens is 1. The lowest BCUT2D eigenvalue weighted by Gasteiger charge is -2.00. The monoisotopic (exact) mass is 370 g/mol. The molecule has 0 spiro atoms. The van der Waals surface area contributed by atoms with Gasteiger partial charge in [-0.25, -0.2) is 4.68 Å². The van der Waals surface area contributed by atoms with E-state index >= 15 is 0 Å². The highest BCUT2D eigenvalue weighted by Gasteiger charge is 2.11. The predicted octanol–water partition coefficient (Wildman–Crippen LogP) is 1.69. The minimum atomic E-state index is -0.490. The number of aromatic nitrogens is 3. The van der Waals surface area contributed by atoms with Gasteiger partial charge in [0.05, 0.1) is 10.2 Å². The molecule has 1 aromatic heterocycles. The smallest absolute Gasteiger partial charge is 0.283 e. The standard InChI is InChI=1S/C17H11ClN4O2S/c1-9-21-22-15(19)12(16(23)20-17(22)25-9)8-10-6-7-14(24-10)11-4-2-3-5-13(11)18/h2-8,19,21H,1H2. The van der Waals surface area contributed by atoms with Crippen LogP contribution in [0.3, 0.4) is 0 Å². The first-order chi connectivity index (χ1) is 12.0. The third-order valence-corrected chi connectivity index (χ3v) is 4.73. The lowest BCUT2D eigenvalue weighted by molar-refractivity contribution is 0.571. The number of nitrogens with one attached hydrogen (secondary N) is 2. The number of hydrogen-bond acceptors (Lipinski definition) is 5. The molecule has 8 heteroatoms. The largest absolute Gasteiger partial charge is 0.457 e. The van der Waals surface area contributed by atoms with Crippen LogP contribution in [0.1, 0.15) is 5.76 Å². The molecule has 2 aromatic rings. The zero-order valence-corrected chi connectivity index (χ0v) is 14.3. The van der Waals surface area contributed by atoms with Crippen LogP contribution in [0.2, 0.25) is 5.02 Å². The van der Waals surface area contributed by atoms with Crippen molar-refractivity contribution in [3.05, 3.63) is 72.9 Å². The first-order valence-electron chi connectivity index (χ1n) is 7.25. The Morgan fingerprint density at radius 2 is 2.12 bits per heavy atom. The van der Waals surface area contributed by atoms with Crippen molar-refractivity contribution in [1.29, 1.82) is 5.41 Å². The molecular formula is C17H11ClN4O2S. The first kappa shape index (κ1) is 15.6. The molecule has 0 aliphatic carbocycles. The van der Waals surface area contributed by atoms with Crippen LogP contribution in [-0.2, 0) is 0 Å². The Balaban J connectivity index is 1.89. The molecular weight excluding hydrogens is 360 g/mol. The quantitative estimate of drug-likeness (QED) is 0.563. The topological polar surface area (TPSA) is 87.7 Å². The molecule has 2 aliphatic rings. The van der Waals surface area contributed by atoms with Crippen LogP contribution in [0.15, 0.2) is 45.6 Å². The van der Waals surface area contributed by atoms with E-state index in [1.165, 1.54) is 22.1 Å². The van der Waals surface area contributed by atoms with Gasteiger partial charge >= 0.3 is 0 Å². The Hall–Kier alpha value is -2.90. The normalized spacial score (nSPS) is 12.1. The molecule has 0 unspecified atom stereocenters. The minimum absolute atomic E-state index is 0.00292. The Bertz CT molecular complexity index is 1280. The van der Waals surface area contributed by atoms with E-state index in [1.54, 1.807) is 18.2 Å². The van der Waals surface area contributed by atoms with E-state index in [0.717, 1.165) is 5.56 Å². The second-order valence-corrected chi connectivity index (χ2v) is 6.73. The van der Waals surface area contributed by atoms with Crippen LogP contribution in [0.25, 0.3) is 29.1 Å². The van der Waals surface area contributed by atoms with E-state index in [-0.39, 0.29) is 10.7 Å². The summed E-state index contributed by atoms with van der Waals surface area (Å²) in [5.41, 5.74) is 0.265. The van der Waals surface area contributed by atoms with Gasteiger partial charge in [0.2, 0.25) is 5.13 Å². The van der Waals surface area contributed by atoms with E-state index in [9.17, 15) is 4.79 Å². The van der Waals surface area contributed by atoms with Crippen molar-refractivity contribution in [2.75, 3.05) is 0 Å². The lowest BCUT2D eigenvalue weighted by atomic mass is 10.2. The van der Waals surface area contributed by atoms with Crippen molar-refractivity contribution < 1.29 is 4.42 Å². The molecule has 1 aromatic carbocycles. The van der Waals surface area contributed by atoms with Crippen molar-refractivity contribution in [3.8, 4) is 16.5 Å². The van der Waals surface area contributed by atoms with E-state index < -0.39 is 5.56 Å². The van der Waals surface area contributed by atoms with Gasteiger partial charge in [-0.15, -0.1) is 0 Å². The highest BCUT2D eigenvalue weighted by molar-refractivity contribution is 7.11. The highest BCUT2D eigenvalue weighted by Crippen LogP contribution is 2.29. The summed E-state index contributed by atoms with van der Waals surface area (Å²) in [6.07, 6.45) is 1.50. The first-order valence-corrected chi connectivity index (χ1v) is 8.44. The van der Waals surface area contributed by atoms with Crippen LogP contribution in [0.5, 0.6) is 0 Å². The summed E-state index contributed by atoms with van der Waals surface area (Å²) < 4.78 is 7.79. The second-order valence-electron chi connectivity index (χ2n) is 5.26. The number of H-pyrrole nitrogens is 1. The SMILES string of the molecule is C=c1[nH]n2c(=N)c(=Cc3ccc(-c4ccccc4Cl)o3)c(=O)nc-2s1. The second kappa shape index (κ2) is 5.87. The fraction of sp³-hybridized carbons (Fsp3) is 0. The van der Waals surface area contributed by atoms with Gasteiger partial charge in [0, 0.05) is 5.56 Å². The van der Waals surface area contributed by atoms with Crippen molar-refractivity contribution >= 4 is 35.6 Å². The molecule has 0 radical (unpaired) electrons. The highest BCUT2D eigenvalue weighted by atomic mass is 35.5. The Morgan fingerprint density at radius 3 is 2.92 bits per heavy atom. The Kier molecular flexibility index (Phi) is 3.67. The molecule has 0 bridgehead atoms. The number of nitrogens with zero attached hydrogens (tertiary/aromatic N) is 2. The number of rotatable bonds is 2. The number of benzene rings is 1. The van der Waals surface area contributed by atoms with Crippen LogP contribution in [0.4, 0.5) is 0 Å². The lowest BCUT2D eigenvalue weighted by Crippen LogP contribution is -2.47. The molecule has 124 valence electrons. The van der Waals surface area contributed by atoms with Crippen LogP contribution in [-0.4, -0.2) is 14.8 Å². The molecule has 4 rings (SSSR count).